The van der Waals surface area contributed by atoms with Crippen molar-refractivity contribution in [2.45, 2.75) is 25.7 Å². The van der Waals surface area contributed by atoms with Crippen molar-refractivity contribution in [1.82, 2.24) is 0 Å². The Morgan fingerprint density at radius 3 is 0.983 bits per heavy atom. The molecule has 0 amide bonds. The van der Waals surface area contributed by atoms with Crippen molar-refractivity contribution in [1.29, 1.82) is 0 Å². The highest BCUT2D eigenvalue weighted by atomic mass is 19.2. The smallest absolute Gasteiger partial charge is 0.207 e. The maximum absolute atomic E-state index is 15.0. The van der Waals surface area contributed by atoms with E-state index in [1.54, 1.807) is 6.92 Å². The van der Waals surface area contributed by atoms with Crippen LogP contribution in [0.4, 0.5) is 52.7 Å². The molecule has 0 fully saturated rings. The maximum Gasteiger partial charge on any atom is 0.207 e. The topological polar surface area (TPSA) is 27.7 Å². The molecule has 0 heterocycles. The molecule has 0 aliphatic rings. The van der Waals surface area contributed by atoms with Gasteiger partial charge in [-0.3, -0.25) is 0 Å². The second-order valence-corrected chi connectivity index (χ2v) is 12.8. The summed E-state index contributed by atoms with van der Waals surface area (Å²) in [5.74, 6) is -26.0. The lowest BCUT2D eigenvalue weighted by atomic mass is 9.71. The minimum absolute atomic E-state index is 0.210. The molecule has 0 spiro atoms. The van der Waals surface area contributed by atoms with Crippen LogP contribution in [0, 0.1) is 69.8 Å². The molecule has 0 aliphatic heterocycles. The van der Waals surface area contributed by atoms with Gasteiger partial charge in [0.2, 0.25) is 34.7 Å². The first-order valence-electron chi connectivity index (χ1n) is 17.2. The van der Waals surface area contributed by atoms with Crippen molar-refractivity contribution < 1.29 is 66.9 Å². The third kappa shape index (κ3) is 7.25. The fourth-order valence-electron chi connectivity index (χ4n) is 6.28. The Morgan fingerprint density at radius 1 is 0.407 bits per heavy atom. The number of halogens is 12. The third-order valence-electron chi connectivity index (χ3n) is 9.54. The van der Waals surface area contributed by atoms with Gasteiger partial charge in [-0.05, 0) is 66.4 Å². The van der Waals surface area contributed by atoms with E-state index in [1.807, 2.05) is 0 Å². The normalized spacial score (nSPS) is 11.4. The molecule has 0 saturated carbocycles. The summed E-state index contributed by atoms with van der Waals surface area (Å²) in [4.78, 5) is 0. The lowest BCUT2D eigenvalue weighted by molar-refractivity contribution is 0.361. The molecule has 0 N–H and O–H groups in total. The van der Waals surface area contributed by atoms with E-state index < -0.39 is 109 Å². The molecule has 3 nitrogen and oxygen atoms in total. The molecule has 0 radical (unpaired) electrons. The molecule has 0 atom stereocenters. The standard InChI is InChI=1S/C44H26F12O3/c1-5-26-29(45)35(51)38(54)41(32(26)48)57-23-14-8-20(9-15-23)44(4,21-10-16-24(17-11-21)58-42-33(49)27(6-2)30(46)36(52)39(42)55)22-12-18-25(19-13-22)59-43-34(50)28(7-3)31(47)37(53)40(43)56/h5-6,8-19H,1-2,7H2,3-4H3. The minimum atomic E-state index is -2.00. The summed E-state index contributed by atoms with van der Waals surface area (Å²) in [6.07, 6.45) is 0.952. The summed E-state index contributed by atoms with van der Waals surface area (Å²) in [6, 6.07) is 16.0. The number of benzene rings is 6. The molecule has 0 saturated heterocycles. The average Bonchev–Trinajstić information content (AvgIpc) is 3.24. The summed E-state index contributed by atoms with van der Waals surface area (Å²) in [7, 11) is 0. The van der Waals surface area contributed by atoms with E-state index in [9.17, 15) is 52.7 Å². The Kier molecular flexibility index (Phi) is 11.6. The van der Waals surface area contributed by atoms with E-state index in [0.29, 0.717) is 28.8 Å². The largest absolute Gasteiger partial charge is 0.451 e. The van der Waals surface area contributed by atoms with Gasteiger partial charge >= 0.3 is 0 Å². The van der Waals surface area contributed by atoms with Crippen molar-refractivity contribution >= 4 is 12.2 Å². The van der Waals surface area contributed by atoms with Gasteiger partial charge in [0.15, 0.2) is 52.4 Å². The van der Waals surface area contributed by atoms with Crippen LogP contribution in [-0.2, 0) is 11.8 Å². The molecule has 304 valence electrons. The second kappa shape index (κ2) is 16.3. The van der Waals surface area contributed by atoms with Crippen molar-refractivity contribution in [3.63, 3.8) is 0 Å². The van der Waals surface area contributed by atoms with Crippen LogP contribution in [-0.4, -0.2) is 0 Å². The maximum atomic E-state index is 15.0. The highest BCUT2D eigenvalue weighted by molar-refractivity contribution is 5.57. The van der Waals surface area contributed by atoms with Crippen LogP contribution in [0.2, 0.25) is 0 Å². The first-order chi connectivity index (χ1) is 28.0. The Morgan fingerprint density at radius 2 is 0.695 bits per heavy atom. The molecule has 6 aromatic carbocycles. The molecule has 6 rings (SSSR count). The third-order valence-corrected chi connectivity index (χ3v) is 9.54. The Bertz CT molecular complexity index is 2500. The minimum Gasteiger partial charge on any atom is -0.451 e. The van der Waals surface area contributed by atoms with E-state index in [0.717, 1.165) is 0 Å². The van der Waals surface area contributed by atoms with Gasteiger partial charge in [-0.2, -0.15) is 13.2 Å². The quantitative estimate of drug-likeness (QED) is 0.0532. The van der Waals surface area contributed by atoms with Gasteiger partial charge in [0, 0.05) is 11.0 Å². The van der Waals surface area contributed by atoms with Gasteiger partial charge in [-0.15, -0.1) is 0 Å². The zero-order valence-electron chi connectivity index (χ0n) is 30.5. The highest BCUT2D eigenvalue weighted by Crippen LogP contribution is 2.43. The van der Waals surface area contributed by atoms with Crippen molar-refractivity contribution in [3.8, 4) is 34.5 Å². The van der Waals surface area contributed by atoms with Gasteiger partial charge in [0.25, 0.3) is 0 Å². The van der Waals surface area contributed by atoms with Crippen molar-refractivity contribution in [2.75, 3.05) is 0 Å². The van der Waals surface area contributed by atoms with Crippen LogP contribution < -0.4 is 14.2 Å². The Balaban J connectivity index is 1.41. The molecule has 6 aromatic rings. The van der Waals surface area contributed by atoms with E-state index in [-0.39, 0.29) is 23.7 Å². The molecule has 0 aliphatic carbocycles. The summed E-state index contributed by atoms with van der Waals surface area (Å²) >= 11 is 0. The predicted octanol–water partition coefficient (Wildman–Crippen LogP) is 13.9. The molecule has 0 aromatic heterocycles. The molecule has 15 heteroatoms. The number of hydrogen-bond donors (Lipinski definition) is 0. The Labute approximate surface area is 328 Å². The monoisotopic (exact) mass is 830 g/mol. The molecule has 0 unspecified atom stereocenters. The summed E-state index contributed by atoms with van der Waals surface area (Å²) < 4.78 is 190. The van der Waals surface area contributed by atoms with E-state index in [1.165, 1.54) is 79.7 Å². The average molecular weight is 831 g/mol. The van der Waals surface area contributed by atoms with Gasteiger partial charge in [0.05, 0.1) is 11.1 Å². The lowest BCUT2D eigenvalue weighted by Gasteiger charge is -2.32. The lowest BCUT2D eigenvalue weighted by Crippen LogP contribution is -2.25. The molecular weight excluding hydrogens is 804 g/mol. The number of ether oxygens (including phenoxy) is 3. The number of rotatable bonds is 12. The molecular formula is C44H26F12O3. The van der Waals surface area contributed by atoms with E-state index in [4.69, 9.17) is 14.2 Å². The van der Waals surface area contributed by atoms with Crippen LogP contribution in [0.25, 0.3) is 12.2 Å². The Hall–Kier alpha value is -6.64. The zero-order valence-corrected chi connectivity index (χ0v) is 30.5. The van der Waals surface area contributed by atoms with Crippen molar-refractivity contribution in [2.24, 2.45) is 0 Å². The van der Waals surface area contributed by atoms with E-state index in [2.05, 4.69) is 13.2 Å². The summed E-state index contributed by atoms with van der Waals surface area (Å²) in [5, 5.41) is 0. The SMILES string of the molecule is C=Cc1c(F)c(F)c(F)c(Oc2ccc(C(C)(c3ccc(Oc4c(F)c(F)c(F)c(C=C)c4F)cc3)c3ccc(Oc4c(F)c(F)c(F)c(CC)c4F)cc3)cc2)c1F. The van der Waals surface area contributed by atoms with Gasteiger partial charge in [-0.25, -0.2) is 39.5 Å². The zero-order chi connectivity index (χ0) is 43.1. The number of hydrogen-bond acceptors (Lipinski definition) is 3. The first kappa shape index (κ1) is 42.0. The fourth-order valence-corrected chi connectivity index (χ4v) is 6.28. The second-order valence-electron chi connectivity index (χ2n) is 12.8. The van der Waals surface area contributed by atoms with Gasteiger partial charge in [0.1, 0.15) is 17.2 Å². The van der Waals surface area contributed by atoms with Crippen LogP contribution in [0.1, 0.15) is 47.2 Å². The summed E-state index contributed by atoms with van der Waals surface area (Å²) in [5.41, 5.74) is -2.80. The van der Waals surface area contributed by atoms with Crippen LogP contribution in [0.15, 0.2) is 86.0 Å². The van der Waals surface area contributed by atoms with Crippen LogP contribution in [0.5, 0.6) is 34.5 Å². The van der Waals surface area contributed by atoms with Gasteiger partial charge < -0.3 is 14.2 Å². The fraction of sp³-hybridized carbons (Fsp3) is 0.0909. The summed E-state index contributed by atoms with van der Waals surface area (Å²) in [6.45, 7) is 9.37. The van der Waals surface area contributed by atoms with Gasteiger partial charge in [-0.1, -0.05) is 68.6 Å². The van der Waals surface area contributed by atoms with Crippen LogP contribution >= 0.6 is 0 Å². The molecule has 59 heavy (non-hydrogen) atoms. The van der Waals surface area contributed by atoms with Crippen molar-refractivity contribution in [3.05, 3.63) is 189 Å². The first-order valence-corrected chi connectivity index (χ1v) is 17.2. The highest BCUT2D eigenvalue weighted by Gasteiger charge is 2.33. The van der Waals surface area contributed by atoms with Crippen LogP contribution in [0.3, 0.4) is 0 Å². The predicted molar refractivity (Wildman–Crippen MR) is 193 cm³/mol. The molecule has 0 bridgehead atoms. The van der Waals surface area contributed by atoms with E-state index >= 15 is 0 Å².